The van der Waals surface area contributed by atoms with Gasteiger partial charge >= 0.3 is 0 Å². The quantitative estimate of drug-likeness (QED) is 0.241. The van der Waals surface area contributed by atoms with Crippen LogP contribution in [0, 0.1) is 24.5 Å². The molecule has 0 aliphatic carbocycles. The summed E-state index contributed by atoms with van der Waals surface area (Å²) in [5, 5.41) is 0.358. The topological polar surface area (TPSA) is 94.4 Å². The maximum Gasteiger partial charge on any atom is 0.297 e. The van der Waals surface area contributed by atoms with Crippen molar-refractivity contribution in [2.75, 3.05) is 13.1 Å². The molecule has 41 heavy (non-hydrogen) atoms. The first kappa shape index (κ1) is 28.2. The van der Waals surface area contributed by atoms with Gasteiger partial charge in [0.15, 0.2) is 0 Å². The number of fused-ring (bicyclic) bond motifs is 3. The van der Waals surface area contributed by atoms with Gasteiger partial charge in [0.25, 0.3) is 11.5 Å². The van der Waals surface area contributed by atoms with Gasteiger partial charge in [-0.05, 0) is 73.8 Å². The van der Waals surface area contributed by atoms with E-state index >= 15 is 0 Å². The van der Waals surface area contributed by atoms with Crippen LogP contribution in [-0.4, -0.2) is 33.4 Å². The molecule has 212 valence electrons. The summed E-state index contributed by atoms with van der Waals surface area (Å²) in [5.41, 5.74) is 7.91. The fraction of sp³-hybridized carbons (Fsp3) is 0.281. The number of furan rings is 1. The maximum atomic E-state index is 14.3. The van der Waals surface area contributed by atoms with Gasteiger partial charge < -0.3 is 15.1 Å². The van der Waals surface area contributed by atoms with Crippen LogP contribution in [0.5, 0.6) is 0 Å². The van der Waals surface area contributed by atoms with Crippen LogP contribution in [0.4, 0.5) is 8.78 Å². The first-order valence-corrected chi connectivity index (χ1v) is 13.6. The molecule has 0 spiro atoms. The largest absolute Gasteiger partial charge is 0.448 e. The summed E-state index contributed by atoms with van der Waals surface area (Å²) in [5.74, 6) is -1.06. The molecule has 0 radical (unpaired) electrons. The lowest BCUT2D eigenvalue weighted by Crippen LogP contribution is -2.42. The van der Waals surface area contributed by atoms with Gasteiger partial charge in [0.2, 0.25) is 5.58 Å². The average molecular weight is 559 g/mol. The van der Waals surface area contributed by atoms with E-state index in [2.05, 4.69) is 0 Å². The summed E-state index contributed by atoms with van der Waals surface area (Å²) in [6, 6.07) is 16.6. The second-order valence-electron chi connectivity index (χ2n) is 10.6. The van der Waals surface area contributed by atoms with Gasteiger partial charge in [0.05, 0.1) is 12.6 Å². The van der Waals surface area contributed by atoms with Gasteiger partial charge in [0, 0.05) is 17.5 Å². The maximum absolute atomic E-state index is 14.3. The Hall–Kier alpha value is -4.37. The predicted octanol–water partition coefficient (Wildman–Crippen LogP) is 5.97. The average Bonchev–Trinajstić information content (AvgIpc) is 3.30. The Morgan fingerprint density at radius 1 is 1.05 bits per heavy atom. The van der Waals surface area contributed by atoms with Crippen LogP contribution in [0.2, 0.25) is 0 Å². The SMILES string of the molecule is Cc1ccc(C(=O)N(CCCN)C(c2nc3c(oc4ccc(F)cc43)c(=O)n2Cc2cccc(F)c2)C(C)C)cc1. The number of nitrogens with zero attached hydrogens (tertiary/aromatic N) is 3. The first-order valence-electron chi connectivity index (χ1n) is 13.6. The van der Waals surface area contributed by atoms with Crippen molar-refractivity contribution in [2.45, 2.75) is 39.8 Å². The second-order valence-corrected chi connectivity index (χ2v) is 10.6. The number of nitrogens with two attached hydrogens (primary N) is 1. The standard InChI is InChI=1S/C32H32F2N4O3/c1-19(2)28(37(15-5-14-35)31(39)22-10-8-20(3)9-11-22)30-36-27-25-17-24(34)12-13-26(25)41-29(27)32(40)38(30)18-21-6-4-7-23(33)16-21/h4,6-13,16-17,19,28H,5,14-15,18,35H2,1-3H3. The molecule has 2 N–H and O–H groups in total. The summed E-state index contributed by atoms with van der Waals surface area (Å²) in [6.45, 7) is 6.50. The number of hydrogen-bond donors (Lipinski definition) is 1. The van der Waals surface area contributed by atoms with Crippen molar-refractivity contribution in [3.05, 3.63) is 111 Å². The Morgan fingerprint density at radius 3 is 2.46 bits per heavy atom. The highest BCUT2D eigenvalue weighted by Gasteiger charge is 2.33. The van der Waals surface area contributed by atoms with Crippen LogP contribution in [0.1, 0.15) is 53.6 Å². The van der Waals surface area contributed by atoms with Crippen LogP contribution in [0.3, 0.4) is 0 Å². The predicted molar refractivity (Wildman–Crippen MR) is 155 cm³/mol. The van der Waals surface area contributed by atoms with E-state index in [0.717, 1.165) is 5.56 Å². The summed E-state index contributed by atoms with van der Waals surface area (Å²) < 4.78 is 35.7. The van der Waals surface area contributed by atoms with E-state index < -0.39 is 23.2 Å². The minimum Gasteiger partial charge on any atom is -0.448 e. The van der Waals surface area contributed by atoms with Crippen molar-refractivity contribution in [2.24, 2.45) is 11.7 Å². The van der Waals surface area contributed by atoms with E-state index in [1.165, 1.54) is 34.9 Å². The van der Waals surface area contributed by atoms with Crippen LogP contribution in [0.15, 0.2) is 75.9 Å². The number of rotatable bonds is 9. The molecule has 2 heterocycles. The van der Waals surface area contributed by atoms with Crippen molar-refractivity contribution >= 4 is 28.0 Å². The molecule has 7 nitrogen and oxygen atoms in total. The molecule has 9 heteroatoms. The molecule has 0 saturated carbocycles. The summed E-state index contributed by atoms with van der Waals surface area (Å²) >= 11 is 0. The lowest BCUT2D eigenvalue weighted by molar-refractivity contribution is 0.0602. The van der Waals surface area contributed by atoms with E-state index in [9.17, 15) is 18.4 Å². The van der Waals surface area contributed by atoms with Crippen LogP contribution >= 0.6 is 0 Å². The van der Waals surface area contributed by atoms with Crippen molar-refractivity contribution < 1.29 is 18.0 Å². The second kappa shape index (κ2) is 11.6. The Labute approximate surface area is 236 Å². The highest BCUT2D eigenvalue weighted by molar-refractivity contribution is 6.02. The molecule has 0 saturated heterocycles. The lowest BCUT2D eigenvalue weighted by atomic mass is 9.98. The number of benzene rings is 3. The highest BCUT2D eigenvalue weighted by atomic mass is 19.1. The number of aromatic nitrogens is 2. The molecule has 1 unspecified atom stereocenters. The number of hydrogen-bond acceptors (Lipinski definition) is 5. The Bertz CT molecular complexity index is 1780. The number of carbonyl (C=O) groups is 1. The van der Waals surface area contributed by atoms with Crippen molar-refractivity contribution in [3.63, 3.8) is 0 Å². The molecular formula is C32H32F2N4O3. The van der Waals surface area contributed by atoms with Crippen molar-refractivity contribution in [1.82, 2.24) is 14.5 Å². The minimum absolute atomic E-state index is 0.00700. The third kappa shape index (κ3) is 5.63. The smallest absolute Gasteiger partial charge is 0.297 e. The normalized spacial score (nSPS) is 12.4. The molecule has 5 rings (SSSR count). The fourth-order valence-electron chi connectivity index (χ4n) is 5.20. The van der Waals surface area contributed by atoms with Gasteiger partial charge in [-0.15, -0.1) is 0 Å². The van der Waals surface area contributed by atoms with Crippen LogP contribution in [0.25, 0.3) is 22.1 Å². The Morgan fingerprint density at radius 2 is 1.78 bits per heavy atom. The molecular weight excluding hydrogens is 526 g/mol. The zero-order valence-corrected chi connectivity index (χ0v) is 23.2. The monoisotopic (exact) mass is 558 g/mol. The van der Waals surface area contributed by atoms with Gasteiger partial charge in [0.1, 0.15) is 28.6 Å². The molecule has 1 amide bonds. The molecule has 0 aliphatic heterocycles. The zero-order chi connectivity index (χ0) is 29.3. The van der Waals surface area contributed by atoms with Gasteiger partial charge in [-0.2, -0.15) is 0 Å². The van der Waals surface area contributed by atoms with E-state index in [1.54, 1.807) is 29.2 Å². The molecule has 0 aliphatic rings. The molecule has 1 atom stereocenters. The lowest BCUT2D eigenvalue weighted by Gasteiger charge is -2.35. The molecule has 0 fully saturated rings. The van der Waals surface area contributed by atoms with Gasteiger partial charge in [-0.25, -0.2) is 13.8 Å². The van der Waals surface area contributed by atoms with E-state index in [0.29, 0.717) is 47.4 Å². The van der Waals surface area contributed by atoms with E-state index in [1.807, 2.05) is 32.9 Å². The zero-order valence-electron chi connectivity index (χ0n) is 23.2. The third-order valence-corrected chi connectivity index (χ3v) is 7.19. The molecule has 2 aromatic heterocycles. The van der Waals surface area contributed by atoms with Crippen LogP contribution < -0.4 is 11.3 Å². The van der Waals surface area contributed by atoms with Crippen molar-refractivity contribution in [1.29, 1.82) is 0 Å². The third-order valence-electron chi connectivity index (χ3n) is 7.19. The van der Waals surface area contributed by atoms with E-state index in [4.69, 9.17) is 15.1 Å². The Kier molecular flexibility index (Phi) is 7.99. The number of amides is 1. The summed E-state index contributed by atoms with van der Waals surface area (Å²) in [6.07, 6.45) is 0.525. The summed E-state index contributed by atoms with van der Waals surface area (Å²) in [4.78, 5) is 34.7. The first-order chi connectivity index (χ1) is 19.7. The minimum atomic E-state index is -0.667. The molecule has 5 aromatic rings. The van der Waals surface area contributed by atoms with Gasteiger partial charge in [-0.1, -0.05) is 43.7 Å². The summed E-state index contributed by atoms with van der Waals surface area (Å²) in [7, 11) is 0. The van der Waals surface area contributed by atoms with Gasteiger partial charge in [-0.3, -0.25) is 14.2 Å². The molecule has 3 aromatic carbocycles. The van der Waals surface area contributed by atoms with E-state index in [-0.39, 0.29) is 29.5 Å². The Balaban J connectivity index is 1.77. The molecule has 0 bridgehead atoms. The highest BCUT2D eigenvalue weighted by Crippen LogP contribution is 2.33. The van der Waals surface area contributed by atoms with Crippen molar-refractivity contribution in [3.8, 4) is 0 Å². The number of aryl methyl sites for hydroxylation is 1. The number of carbonyl (C=O) groups excluding carboxylic acids is 1. The van der Waals surface area contributed by atoms with Crippen LogP contribution in [-0.2, 0) is 6.54 Å². The number of halogens is 2. The fourth-order valence-corrected chi connectivity index (χ4v) is 5.20.